The van der Waals surface area contributed by atoms with Crippen LogP contribution in [-0.4, -0.2) is 47.2 Å². The van der Waals surface area contributed by atoms with Crippen LogP contribution in [0.3, 0.4) is 0 Å². The van der Waals surface area contributed by atoms with Gasteiger partial charge >= 0.3 is 12.1 Å². The van der Waals surface area contributed by atoms with Crippen molar-refractivity contribution < 1.29 is 24.2 Å². The highest BCUT2D eigenvalue weighted by molar-refractivity contribution is 5.97. The Morgan fingerprint density at radius 2 is 1.60 bits per heavy atom. The molecule has 35 heavy (non-hydrogen) atoms. The summed E-state index contributed by atoms with van der Waals surface area (Å²) < 4.78 is 5.58. The Kier molecular flexibility index (Phi) is 7.15. The number of amides is 2. The fourth-order valence-corrected chi connectivity index (χ4v) is 4.44. The van der Waals surface area contributed by atoms with Crippen molar-refractivity contribution in [2.24, 2.45) is 0 Å². The summed E-state index contributed by atoms with van der Waals surface area (Å²) in [5.74, 6) is -1.54. The van der Waals surface area contributed by atoms with E-state index < -0.39 is 24.5 Å². The van der Waals surface area contributed by atoms with Crippen LogP contribution in [0.4, 0.5) is 10.5 Å². The van der Waals surface area contributed by atoms with Crippen molar-refractivity contribution in [1.29, 1.82) is 0 Å². The summed E-state index contributed by atoms with van der Waals surface area (Å²) in [6.45, 7) is 3.48. The van der Waals surface area contributed by atoms with Gasteiger partial charge in [0, 0.05) is 23.2 Å². The summed E-state index contributed by atoms with van der Waals surface area (Å²) >= 11 is 0. The number of nitrogens with one attached hydrogen (secondary N) is 1. The molecule has 180 valence electrons. The Balaban J connectivity index is 1.44. The minimum absolute atomic E-state index is 0.0545. The zero-order chi connectivity index (χ0) is 24.9. The summed E-state index contributed by atoms with van der Waals surface area (Å²) in [6, 6.07) is 22.4. The number of hydrogen-bond donors (Lipinski definition) is 2. The lowest BCUT2D eigenvalue weighted by molar-refractivity contribution is -0.138. The Hall–Kier alpha value is -4.13. The van der Waals surface area contributed by atoms with E-state index in [0.717, 1.165) is 22.3 Å². The lowest BCUT2D eigenvalue weighted by Gasteiger charge is -2.27. The van der Waals surface area contributed by atoms with Crippen molar-refractivity contribution in [1.82, 2.24) is 4.90 Å². The van der Waals surface area contributed by atoms with E-state index in [0.29, 0.717) is 17.7 Å². The highest BCUT2D eigenvalue weighted by Crippen LogP contribution is 2.44. The topological polar surface area (TPSA) is 95.9 Å². The van der Waals surface area contributed by atoms with E-state index in [1.807, 2.05) is 31.2 Å². The Morgan fingerprint density at radius 1 is 0.971 bits per heavy atom. The number of anilines is 1. The number of carbonyl (C=O) groups is 3. The molecule has 1 atom stereocenters. The van der Waals surface area contributed by atoms with Gasteiger partial charge in [-0.15, -0.1) is 0 Å². The lowest BCUT2D eigenvalue weighted by atomic mass is 9.98. The van der Waals surface area contributed by atoms with Gasteiger partial charge in [0.15, 0.2) is 0 Å². The minimum atomic E-state index is -1.08. The molecule has 0 aliphatic heterocycles. The fraction of sp³-hybridized carbons (Fsp3) is 0.250. The van der Waals surface area contributed by atoms with E-state index in [1.165, 1.54) is 11.0 Å². The van der Waals surface area contributed by atoms with E-state index in [4.69, 9.17) is 4.74 Å². The van der Waals surface area contributed by atoms with E-state index in [1.54, 1.807) is 25.1 Å². The number of carboxylic acids is 1. The maximum Gasteiger partial charge on any atom is 0.411 e. The van der Waals surface area contributed by atoms with Gasteiger partial charge in [0.2, 0.25) is 0 Å². The number of carboxylic acid groups (broad SMARTS) is 1. The van der Waals surface area contributed by atoms with Crippen LogP contribution in [-0.2, 0) is 9.53 Å². The lowest BCUT2D eigenvalue weighted by Crippen LogP contribution is -2.41. The zero-order valence-corrected chi connectivity index (χ0v) is 19.7. The molecule has 0 saturated carbocycles. The Labute approximate surface area is 204 Å². The van der Waals surface area contributed by atoms with Gasteiger partial charge in [0.25, 0.3) is 5.91 Å². The van der Waals surface area contributed by atoms with Crippen LogP contribution in [0.15, 0.2) is 72.8 Å². The molecule has 0 fully saturated rings. The highest BCUT2D eigenvalue weighted by atomic mass is 16.5. The summed E-state index contributed by atoms with van der Waals surface area (Å²) in [7, 11) is 0. The van der Waals surface area contributed by atoms with Crippen LogP contribution in [0.1, 0.15) is 47.7 Å². The van der Waals surface area contributed by atoms with Crippen LogP contribution in [0, 0.1) is 0 Å². The number of aliphatic carboxylic acids is 1. The Bertz CT molecular complexity index is 1210. The number of carbonyl (C=O) groups excluding carboxylic acids is 2. The van der Waals surface area contributed by atoms with Gasteiger partial charge in [-0.2, -0.15) is 0 Å². The molecule has 0 radical (unpaired) electrons. The number of benzene rings is 3. The third-order valence-corrected chi connectivity index (χ3v) is 6.39. The maximum atomic E-state index is 13.0. The molecule has 0 aromatic heterocycles. The van der Waals surface area contributed by atoms with E-state index >= 15 is 0 Å². The van der Waals surface area contributed by atoms with Gasteiger partial charge in [-0.1, -0.05) is 61.5 Å². The van der Waals surface area contributed by atoms with Gasteiger partial charge in [-0.05, 0) is 53.8 Å². The first-order chi connectivity index (χ1) is 16.9. The molecule has 1 aliphatic rings. The molecule has 2 N–H and O–H groups in total. The Morgan fingerprint density at radius 3 is 2.20 bits per heavy atom. The third-order valence-electron chi connectivity index (χ3n) is 6.39. The average Bonchev–Trinajstić information content (AvgIpc) is 3.19. The monoisotopic (exact) mass is 472 g/mol. The molecule has 1 aliphatic carbocycles. The van der Waals surface area contributed by atoms with Crippen molar-refractivity contribution in [3.63, 3.8) is 0 Å². The van der Waals surface area contributed by atoms with Crippen molar-refractivity contribution in [3.8, 4) is 11.1 Å². The molecule has 7 nitrogen and oxygen atoms in total. The molecular formula is C28H28N2O5. The molecule has 3 aromatic rings. The quantitative estimate of drug-likeness (QED) is 0.459. The van der Waals surface area contributed by atoms with Gasteiger partial charge in [-0.3, -0.25) is 14.9 Å². The van der Waals surface area contributed by atoms with Crippen molar-refractivity contribution >= 4 is 23.7 Å². The zero-order valence-electron chi connectivity index (χ0n) is 19.7. The number of fused-ring (bicyclic) bond motifs is 3. The van der Waals surface area contributed by atoms with Crippen LogP contribution in [0.25, 0.3) is 11.1 Å². The smallest absolute Gasteiger partial charge is 0.411 e. The molecule has 0 saturated heterocycles. The molecule has 7 heteroatoms. The van der Waals surface area contributed by atoms with Gasteiger partial charge in [0.1, 0.15) is 13.2 Å². The van der Waals surface area contributed by atoms with Gasteiger partial charge in [0.05, 0.1) is 0 Å². The van der Waals surface area contributed by atoms with E-state index in [-0.39, 0.29) is 18.6 Å². The molecule has 0 bridgehead atoms. The molecule has 1 unspecified atom stereocenters. The molecule has 0 heterocycles. The maximum absolute atomic E-state index is 13.0. The number of nitrogens with zero attached hydrogens (tertiary/aromatic N) is 1. The van der Waals surface area contributed by atoms with Crippen LogP contribution in [0.2, 0.25) is 0 Å². The van der Waals surface area contributed by atoms with Crippen LogP contribution in [0.5, 0.6) is 0 Å². The average molecular weight is 473 g/mol. The van der Waals surface area contributed by atoms with E-state index in [9.17, 15) is 19.5 Å². The molecular weight excluding hydrogens is 444 g/mol. The first-order valence-corrected chi connectivity index (χ1v) is 11.6. The van der Waals surface area contributed by atoms with Gasteiger partial charge in [-0.25, -0.2) is 4.79 Å². The number of hydrogen-bond acceptors (Lipinski definition) is 4. The number of rotatable bonds is 8. The summed E-state index contributed by atoms with van der Waals surface area (Å²) in [6.07, 6.45) is -0.00254. The van der Waals surface area contributed by atoms with Crippen LogP contribution >= 0.6 is 0 Å². The van der Waals surface area contributed by atoms with Crippen molar-refractivity contribution in [2.75, 3.05) is 18.5 Å². The van der Waals surface area contributed by atoms with Crippen molar-refractivity contribution in [2.45, 2.75) is 32.2 Å². The highest BCUT2D eigenvalue weighted by Gasteiger charge is 2.29. The second kappa shape index (κ2) is 10.4. The SMILES string of the molecule is CCC(C)N(CC(=O)O)C(=O)c1cccc(NC(=O)OCC2c3ccccc3-c3ccccc32)c1. The largest absolute Gasteiger partial charge is 0.480 e. The summed E-state index contributed by atoms with van der Waals surface area (Å²) in [4.78, 5) is 38.1. The van der Waals surface area contributed by atoms with Crippen LogP contribution < -0.4 is 5.32 Å². The van der Waals surface area contributed by atoms with Crippen molar-refractivity contribution in [3.05, 3.63) is 89.5 Å². The fourth-order valence-electron chi connectivity index (χ4n) is 4.44. The molecule has 2 amide bonds. The second-order valence-electron chi connectivity index (χ2n) is 8.62. The number of ether oxygens (including phenoxy) is 1. The van der Waals surface area contributed by atoms with Gasteiger partial charge < -0.3 is 14.7 Å². The first-order valence-electron chi connectivity index (χ1n) is 11.6. The minimum Gasteiger partial charge on any atom is -0.480 e. The standard InChI is InChI=1S/C28H28N2O5/c1-3-18(2)30(16-26(31)32)27(33)19-9-8-10-20(15-19)29-28(34)35-17-25-23-13-6-4-11-21(23)22-12-5-7-14-24(22)25/h4-15,18,25H,3,16-17H2,1-2H3,(H,29,34)(H,31,32). The predicted octanol–water partition coefficient (Wildman–Crippen LogP) is 5.37. The van der Waals surface area contributed by atoms with E-state index in [2.05, 4.69) is 29.6 Å². The predicted molar refractivity (Wildman–Crippen MR) is 134 cm³/mol. The molecule has 4 rings (SSSR count). The first kappa shape index (κ1) is 24.0. The normalized spacial score (nSPS) is 12.9. The third kappa shape index (κ3) is 5.19. The molecule has 3 aromatic carbocycles. The second-order valence-corrected chi connectivity index (χ2v) is 8.62. The summed E-state index contributed by atoms with van der Waals surface area (Å²) in [5.41, 5.74) is 5.23. The summed E-state index contributed by atoms with van der Waals surface area (Å²) in [5, 5.41) is 11.9. The molecule has 0 spiro atoms.